The topological polar surface area (TPSA) is 94.4 Å². The Bertz CT molecular complexity index is 750. The van der Waals surface area contributed by atoms with Gasteiger partial charge in [0.1, 0.15) is 0 Å². The molecule has 0 atom stereocenters. The van der Waals surface area contributed by atoms with Gasteiger partial charge >= 0.3 is 5.97 Å². The Hall–Kier alpha value is -1.78. The molecule has 0 aliphatic carbocycles. The Kier molecular flexibility index (Phi) is 4.40. The number of hydrogen-bond donors (Lipinski definition) is 0. The van der Waals surface area contributed by atoms with E-state index in [9.17, 15) is 13.2 Å². The van der Waals surface area contributed by atoms with Crippen molar-refractivity contribution in [3.63, 3.8) is 0 Å². The standard InChI is InChI=1S/C11H14N4O4S2/c1-14-5-8(4-13-14)6-15(2)21(17,18)11-9(10(16)19-3)12-7-20-11/h4-5,7H,6H2,1-3H3. The lowest BCUT2D eigenvalue weighted by Crippen LogP contribution is -2.27. The quantitative estimate of drug-likeness (QED) is 0.740. The molecule has 8 nitrogen and oxygen atoms in total. The van der Waals surface area contributed by atoms with Gasteiger partial charge in [-0.2, -0.15) is 9.40 Å². The number of methoxy groups -OCH3 is 1. The SMILES string of the molecule is COC(=O)c1ncsc1S(=O)(=O)N(C)Cc1cnn(C)c1. The third-order valence-electron chi connectivity index (χ3n) is 2.72. The summed E-state index contributed by atoms with van der Waals surface area (Å²) >= 11 is 0.882. The van der Waals surface area contributed by atoms with Crippen molar-refractivity contribution in [2.45, 2.75) is 10.8 Å². The van der Waals surface area contributed by atoms with Crippen LogP contribution in [0.15, 0.2) is 22.1 Å². The van der Waals surface area contributed by atoms with Gasteiger partial charge in [0.2, 0.25) is 0 Å². The van der Waals surface area contributed by atoms with E-state index in [1.807, 2.05) is 0 Å². The number of aryl methyl sites for hydroxylation is 1. The summed E-state index contributed by atoms with van der Waals surface area (Å²) in [6.45, 7) is 0.148. The molecule has 2 rings (SSSR count). The normalized spacial score (nSPS) is 11.8. The van der Waals surface area contributed by atoms with E-state index in [0.29, 0.717) is 0 Å². The summed E-state index contributed by atoms with van der Waals surface area (Å²) < 4.78 is 32.2. The second kappa shape index (κ2) is 5.92. The maximum absolute atomic E-state index is 12.5. The van der Waals surface area contributed by atoms with Crippen LogP contribution in [0.2, 0.25) is 0 Å². The smallest absolute Gasteiger partial charge is 0.358 e. The molecule has 0 aliphatic heterocycles. The number of thiazole rings is 1. The zero-order valence-electron chi connectivity index (χ0n) is 11.7. The predicted octanol–water partition coefficient (Wildman–Crippen LogP) is 0.484. The van der Waals surface area contributed by atoms with Crippen LogP contribution in [0.3, 0.4) is 0 Å². The molecule has 0 amide bonds. The fraction of sp³-hybridized carbons (Fsp3) is 0.364. The highest BCUT2D eigenvalue weighted by atomic mass is 32.2. The van der Waals surface area contributed by atoms with E-state index in [4.69, 9.17) is 0 Å². The van der Waals surface area contributed by atoms with Gasteiger partial charge in [0.05, 0.1) is 18.8 Å². The van der Waals surface area contributed by atoms with Gasteiger partial charge in [0, 0.05) is 32.4 Å². The zero-order valence-corrected chi connectivity index (χ0v) is 13.3. The summed E-state index contributed by atoms with van der Waals surface area (Å²) in [6.07, 6.45) is 3.31. The summed E-state index contributed by atoms with van der Waals surface area (Å²) in [5.74, 6) is -0.774. The molecule has 0 radical (unpaired) electrons. The molecule has 114 valence electrons. The van der Waals surface area contributed by atoms with E-state index >= 15 is 0 Å². The molecule has 2 aromatic rings. The largest absolute Gasteiger partial charge is 0.464 e. The minimum atomic E-state index is -3.82. The minimum absolute atomic E-state index is 0.124. The van der Waals surface area contributed by atoms with Gasteiger partial charge in [-0.05, 0) is 0 Å². The maximum Gasteiger partial charge on any atom is 0.358 e. The van der Waals surface area contributed by atoms with Crippen LogP contribution in [0, 0.1) is 0 Å². The molecule has 0 saturated heterocycles. The van der Waals surface area contributed by atoms with Crippen molar-refractivity contribution >= 4 is 27.3 Å². The van der Waals surface area contributed by atoms with Crippen LogP contribution in [0.5, 0.6) is 0 Å². The fourth-order valence-corrected chi connectivity index (χ4v) is 4.17. The van der Waals surface area contributed by atoms with Crippen molar-refractivity contribution in [1.29, 1.82) is 0 Å². The van der Waals surface area contributed by atoms with Crippen LogP contribution >= 0.6 is 11.3 Å². The molecule has 2 heterocycles. The molecule has 0 aliphatic rings. The van der Waals surface area contributed by atoms with Crippen LogP contribution in [-0.4, -0.2) is 47.6 Å². The Labute approximate surface area is 126 Å². The average Bonchev–Trinajstić information content (AvgIpc) is 3.07. The first-order chi connectivity index (χ1) is 9.86. The highest BCUT2D eigenvalue weighted by Crippen LogP contribution is 2.24. The zero-order chi connectivity index (χ0) is 15.6. The van der Waals surface area contributed by atoms with Crippen molar-refractivity contribution in [3.8, 4) is 0 Å². The summed E-state index contributed by atoms with van der Waals surface area (Å²) in [4.78, 5) is 15.3. The molecule has 0 unspecified atom stereocenters. The lowest BCUT2D eigenvalue weighted by atomic mass is 10.4. The first-order valence-corrected chi connectivity index (χ1v) is 8.14. The van der Waals surface area contributed by atoms with Crippen LogP contribution in [0.1, 0.15) is 16.1 Å². The van der Waals surface area contributed by atoms with Gasteiger partial charge < -0.3 is 4.74 Å². The van der Waals surface area contributed by atoms with Gasteiger partial charge in [-0.15, -0.1) is 11.3 Å². The third kappa shape index (κ3) is 3.12. The number of hydrogen-bond acceptors (Lipinski definition) is 7. The number of sulfonamides is 1. The summed E-state index contributed by atoms with van der Waals surface area (Å²) in [7, 11) is 0.539. The lowest BCUT2D eigenvalue weighted by molar-refractivity contribution is 0.0590. The van der Waals surface area contributed by atoms with E-state index in [2.05, 4.69) is 14.8 Å². The molecule has 0 aromatic carbocycles. The Balaban J connectivity index is 2.29. The van der Waals surface area contributed by atoms with Crippen molar-refractivity contribution in [3.05, 3.63) is 29.2 Å². The van der Waals surface area contributed by atoms with E-state index in [-0.39, 0.29) is 16.4 Å². The third-order valence-corrected chi connectivity index (χ3v) is 5.87. The van der Waals surface area contributed by atoms with Gasteiger partial charge in [-0.25, -0.2) is 18.2 Å². The number of rotatable bonds is 5. The molecule has 0 N–H and O–H groups in total. The molecular formula is C11H14N4O4S2. The number of carbonyl (C=O) groups excluding carboxylic acids is 1. The number of aromatic nitrogens is 3. The molecule has 0 fully saturated rings. The molecule has 0 spiro atoms. The van der Waals surface area contributed by atoms with Crippen LogP contribution in [-0.2, 0) is 28.4 Å². The lowest BCUT2D eigenvalue weighted by Gasteiger charge is -2.15. The highest BCUT2D eigenvalue weighted by molar-refractivity contribution is 7.91. The molecule has 2 aromatic heterocycles. The predicted molar refractivity (Wildman–Crippen MR) is 75.3 cm³/mol. The number of ether oxygens (including phenoxy) is 1. The second-order valence-electron chi connectivity index (χ2n) is 4.26. The Morgan fingerprint density at radius 2 is 2.24 bits per heavy atom. The van der Waals surface area contributed by atoms with Crippen LogP contribution in [0.25, 0.3) is 0 Å². The van der Waals surface area contributed by atoms with E-state index in [1.165, 1.54) is 19.7 Å². The van der Waals surface area contributed by atoms with E-state index in [0.717, 1.165) is 21.2 Å². The number of carbonyl (C=O) groups is 1. The summed E-state index contributed by atoms with van der Waals surface area (Å²) in [6, 6.07) is 0. The van der Waals surface area contributed by atoms with Gasteiger partial charge in [0.15, 0.2) is 9.90 Å². The van der Waals surface area contributed by atoms with Gasteiger partial charge in [-0.3, -0.25) is 4.68 Å². The fourth-order valence-electron chi connectivity index (χ4n) is 1.69. The average molecular weight is 330 g/mol. The summed E-state index contributed by atoms with van der Waals surface area (Å²) in [5, 5.41) is 3.98. The monoisotopic (exact) mass is 330 g/mol. The number of nitrogens with zero attached hydrogens (tertiary/aromatic N) is 4. The molecular weight excluding hydrogens is 316 g/mol. The van der Waals surface area contributed by atoms with Crippen molar-refractivity contribution < 1.29 is 17.9 Å². The first kappa shape index (κ1) is 15.6. The molecule has 21 heavy (non-hydrogen) atoms. The minimum Gasteiger partial charge on any atom is -0.464 e. The van der Waals surface area contributed by atoms with Crippen molar-refractivity contribution in [2.24, 2.45) is 7.05 Å². The van der Waals surface area contributed by atoms with E-state index < -0.39 is 16.0 Å². The van der Waals surface area contributed by atoms with Crippen molar-refractivity contribution in [2.75, 3.05) is 14.2 Å². The maximum atomic E-state index is 12.5. The van der Waals surface area contributed by atoms with Crippen LogP contribution < -0.4 is 0 Å². The van der Waals surface area contributed by atoms with Gasteiger partial charge in [0.25, 0.3) is 10.0 Å². The molecule has 0 saturated carbocycles. The molecule has 0 bridgehead atoms. The van der Waals surface area contributed by atoms with Crippen molar-refractivity contribution in [1.82, 2.24) is 19.1 Å². The number of esters is 1. The van der Waals surface area contributed by atoms with Gasteiger partial charge in [-0.1, -0.05) is 0 Å². The highest BCUT2D eigenvalue weighted by Gasteiger charge is 2.30. The first-order valence-electron chi connectivity index (χ1n) is 5.82. The Morgan fingerprint density at radius 3 is 2.81 bits per heavy atom. The van der Waals surface area contributed by atoms with Crippen LogP contribution in [0.4, 0.5) is 0 Å². The summed E-state index contributed by atoms with van der Waals surface area (Å²) in [5.41, 5.74) is 1.85. The molecule has 10 heteroatoms. The van der Waals surface area contributed by atoms with E-state index in [1.54, 1.807) is 24.1 Å². The second-order valence-corrected chi connectivity index (χ2v) is 7.36. The Morgan fingerprint density at radius 1 is 1.52 bits per heavy atom.